The van der Waals surface area contributed by atoms with Gasteiger partial charge < -0.3 is 14.8 Å². The van der Waals surface area contributed by atoms with Crippen LogP contribution in [0.2, 0.25) is 5.02 Å². The largest absolute Gasteiger partial charge is 0.490 e. The van der Waals surface area contributed by atoms with Crippen LogP contribution in [0.5, 0.6) is 5.75 Å². The zero-order valence-corrected chi connectivity index (χ0v) is 16.3. The van der Waals surface area contributed by atoms with Gasteiger partial charge in [0.2, 0.25) is 5.91 Å². The first-order valence-corrected chi connectivity index (χ1v) is 9.73. The highest BCUT2D eigenvalue weighted by Gasteiger charge is 2.24. The van der Waals surface area contributed by atoms with E-state index in [9.17, 15) is 9.18 Å². The molecule has 5 nitrogen and oxygen atoms in total. The Balaban J connectivity index is 1.54. The Morgan fingerprint density at radius 3 is 2.64 bits per heavy atom. The van der Waals surface area contributed by atoms with E-state index >= 15 is 0 Å². The van der Waals surface area contributed by atoms with Gasteiger partial charge in [-0.3, -0.25) is 9.69 Å². The molecular formula is C21H24ClFN2O3. The Hall–Kier alpha value is -2.15. The summed E-state index contributed by atoms with van der Waals surface area (Å²) >= 11 is 6.39. The maximum Gasteiger partial charge on any atom is 0.223 e. The third-order valence-corrected chi connectivity index (χ3v) is 5.01. The van der Waals surface area contributed by atoms with E-state index in [2.05, 4.69) is 10.2 Å². The quantitative estimate of drug-likeness (QED) is 0.729. The van der Waals surface area contributed by atoms with Crippen molar-refractivity contribution in [3.8, 4) is 5.75 Å². The summed E-state index contributed by atoms with van der Waals surface area (Å²) in [6, 6.07) is 13.8. The van der Waals surface area contributed by atoms with Gasteiger partial charge in [0, 0.05) is 24.7 Å². The molecule has 1 heterocycles. The van der Waals surface area contributed by atoms with Crippen molar-refractivity contribution in [1.29, 1.82) is 0 Å². The summed E-state index contributed by atoms with van der Waals surface area (Å²) < 4.78 is 24.3. The van der Waals surface area contributed by atoms with Crippen molar-refractivity contribution < 1.29 is 18.7 Å². The number of carbonyl (C=O) groups excluding carboxylic acids is 1. The van der Waals surface area contributed by atoms with Crippen LogP contribution in [0.25, 0.3) is 0 Å². The van der Waals surface area contributed by atoms with Crippen LogP contribution >= 0.6 is 11.6 Å². The van der Waals surface area contributed by atoms with Crippen molar-refractivity contribution in [2.45, 2.75) is 12.5 Å². The Bertz CT molecular complexity index is 784. The lowest BCUT2D eigenvalue weighted by Gasteiger charge is -2.35. The standard InChI is InChI=1S/C21H24ClFN2O3/c22-17-6-2-1-5-16(17)19(25-10-13-27-14-11-25)15-24-21(26)9-12-28-20-8-4-3-7-18(20)23/h1-8,19H,9-15H2,(H,24,26). The van der Waals surface area contributed by atoms with Gasteiger partial charge in [0.05, 0.1) is 32.3 Å². The number of rotatable bonds is 8. The second-order valence-corrected chi connectivity index (χ2v) is 6.93. The minimum atomic E-state index is -0.436. The summed E-state index contributed by atoms with van der Waals surface area (Å²) in [5.74, 6) is -0.437. The molecular weight excluding hydrogens is 383 g/mol. The van der Waals surface area contributed by atoms with Gasteiger partial charge in [0.15, 0.2) is 11.6 Å². The van der Waals surface area contributed by atoms with Crippen LogP contribution in [0.3, 0.4) is 0 Å². The Morgan fingerprint density at radius 2 is 1.89 bits per heavy atom. The van der Waals surface area contributed by atoms with Crippen LogP contribution in [0, 0.1) is 5.82 Å². The Morgan fingerprint density at radius 1 is 1.18 bits per heavy atom. The number of para-hydroxylation sites is 1. The number of hydrogen-bond donors (Lipinski definition) is 1. The molecule has 0 radical (unpaired) electrons. The molecule has 1 N–H and O–H groups in total. The second-order valence-electron chi connectivity index (χ2n) is 6.52. The molecule has 7 heteroatoms. The summed E-state index contributed by atoms with van der Waals surface area (Å²) in [6.07, 6.45) is 0.146. The van der Waals surface area contributed by atoms with Gasteiger partial charge in [-0.25, -0.2) is 4.39 Å². The van der Waals surface area contributed by atoms with Crippen LogP contribution in [-0.2, 0) is 9.53 Å². The first-order valence-electron chi connectivity index (χ1n) is 9.35. The van der Waals surface area contributed by atoms with Crippen molar-refractivity contribution >= 4 is 17.5 Å². The number of halogens is 2. The third-order valence-electron chi connectivity index (χ3n) is 4.67. The SMILES string of the molecule is O=C(CCOc1ccccc1F)NCC(c1ccccc1Cl)N1CCOCC1. The van der Waals surface area contributed by atoms with Crippen molar-refractivity contribution in [2.24, 2.45) is 0 Å². The molecule has 3 rings (SSSR count). The molecule has 0 aliphatic carbocycles. The highest BCUT2D eigenvalue weighted by molar-refractivity contribution is 6.31. The van der Waals surface area contributed by atoms with Gasteiger partial charge in [-0.05, 0) is 23.8 Å². The van der Waals surface area contributed by atoms with Gasteiger partial charge in [0.25, 0.3) is 0 Å². The number of ether oxygens (including phenoxy) is 2. The predicted octanol–water partition coefficient (Wildman–Crippen LogP) is 3.44. The number of nitrogens with one attached hydrogen (secondary N) is 1. The zero-order valence-electron chi connectivity index (χ0n) is 15.6. The molecule has 1 aliphatic heterocycles. The van der Waals surface area contributed by atoms with E-state index in [0.29, 0.717) is 24.8 Å². The van der Waals surface area contributed by atoms with E-state index in [4.69, 9.17) is 21.1 Å². The molecule has 1 atom stereocenters. The van der Waals surface area contributed by atoms with E-state index in [0.717, 1.165) is 18.7 Å². The van der Waals surface area contributed by atoms with E-state index in [1.54, 1.807) is 18.2 Å². The van der Waals surface area contributed by atoms with Gasteiger partial charge in [-0.1, -0.05) is 41.9 Å². The summed E-state index contributed by atoms with van der Waals surface area (Å²) in [4.78, 5) is 14.5. The van der Waals surface area contributed by atoms with Gasteiger partial charge in [-0.2, -0.15) is 0 Å². The molecule has 1 amide bonds. The fourth-order valence-electron chi connectivity index (χ4n) is 3.18. The summed E-state index contributed by atoms with van der Waals surface area (Å²) in [5.41, 5.74) is 0.981. The molecule has 150 valence electrons. The van der Waals surface area contributed by atoms with E-state index in [1.807, 2.05) is 24.3 Å². The molecule has 0 spiro atoms. The second kappa shape index (κ2) is 10.4. The number of hydrogen-bond acceptors (Lipinski definition) is 4. The first-order chi connectivity index (χ1) is 13.6. The average molecular weight is 407 g/mol. The predicted molar refractivity (Wildman–Crippen MR) is 106 cm³/mol. The highest BCUT2D eigenvalue weighted by atomic mass is 35.5. The van der Waals surface area contributed by atoms with Crippen LogP contribution in [-0.4, -0.2) is 50.3 Å². The molecule has 0 bridgehead atoms. The van der Waals surface area contributed by atoms with E-state index in [1.165, 1.54) is 6.07 Å². The average Bonchev–Trinajstić information content (AvgIpc) is 2.72. The molecule has 2 aromatic rings. The lowest BCUT2D eigenvalue weighted by atomic mass is 10.0. The minimum absolute atomic E-state index is 0.0333. The van der Waals surface area contributed by atoms with Crippen molar-refractivity contribution in [3.05, 3.63) is 64.9 Å². The smallest absolute Gasteiger partial charge is 0.223 e. The number of nitrogens with zero attached hydrogens (tertiary/aromatic N) is 1. The number of amides is 1. The van der Waals surface area contributed by atoms with Crippen molar-refractivity contribution in [3.63, 3.8) is 0 Å². The third kappa shape index (κ3) is 5.67. The molecule has 0 aromatic heterocycles. The van der Waals surface area contributed by atoms with Crippen molar-refractivity contribution in [1.82, 2.24) is 10.2 Å². The zero-order chi connectivity index (χ0) is 19.8. The summed E-state index contributed by atoms with van der Waals surface area (Å²) in [5, 5.41) is 3.63. The Kier molecular flexibility index (Phi) is 7.65. The molecule has 1 aliphatic rings. The van der Waals surface area contributed by atoms with Gasteiger partial charge >= 0.3 is 0 Å². The maximum atomic E-state index is 13.5. The topological polar surface area (TPSA) is 50.8 Å². The van der Waals surface area contributed by atoms with Crippen LogP contribution in [0.4, 0.5) is 4.39 Å². The number of benzene rings is 2. The first kappa shape index (κ1) is 20.6. The summed E-state index contributed by atoms with van der Waals surface area (Å²) in [6.45, 7) is 3.42. The monoisotopic (exact) mass is 406 g/mol. The lowest BCUT2D eigenvalue weighted by molar-refractivity contribution is -0.121. The van der Waals surface area contributed by atoms with E-state index < -0.39 is 5.82 Å². The fourth-order valence-corrected chi connectivity index (χ4v) is 3.45. The van der Waals surface area contributed by atoms with E-state index in [-0.39, 0.29) is 30.7 Å². The number of carbonyl (C=O) groups is 1. The fraction of sp³-hybridized carbons (Fsp3) is 0.381. The molecule has 1 fully saturated rings. The Labute approximate surface area is 169 Å². The van der Waals surface area contributed by atoms with Crippen LogP contribution in [0.1, 0.15) is 18.0 Å². The van der Waals surface area contributed by atoms with Gasteiger partial charge in [-0.15, -0.1) is 0 Å². The normalized spacial score (nSPS) is 15.8. The maximum absolute atomic E-state index is 13.5. The lowest BCUT2D eigenvalue weighted by Crippen LogP contribution is -2.44. The highest BCUT2D eigenvalue weighted by Crippen LogP contribution is 2.27. The minimum Gasteiger partial charge on any atom is -0.490 e. The summed E-state index contributed by atoms with van der Waals surface area (Å²) in [7, 11) is 0. The molecule has 1 unspecified atom stereocenters. The van der Waals surface area contributed by atoms with Crippen LogP contribution < -0.4 is 10.1 Å². The van der Waals surface area contributed by atoms with Crippen molar-refractivity contribution in [2.75, 3.05) is 39.5 Å². The molecule has 1 saturated heterocycles. The van der Waals surface area contributed by atoms with Gasteiger partial charge in [0.1, 0.15) is 0 Å². The molecule has 0 saturated carbocycles. The molecule has 28 heavy (non-hydrogen) atoms. The molecule has 2 aromatic carbocycles. The van der Waals surface area contributed by atoms with Crippen LogP contribution in [0.15, 0.2) is 48.5 Å². The number of morpholine rings is 1.